The lowest BCUT2D eigenvalue weighted by Crippen LogP contribution is -2.56. The molecule has 9 heteroatoms. The first-order valence-electron chi connectivity index (χ1n) is 17.3. The number of aromatic nitrogens is 1. The second-order valence-corrected chi connectivity index (χ2v) is 15.1. The van der Waals surface area contributed by atoms with E-state index in [1.807, 2.05) is 48.8 Å². The summed E-state index contributed by atoms with van der Waals surface area (Å²) in [6, 6.07) is 11.5. The Balaban J connectivity index is 0.949. The third kappa shape index (κ3) is 4.70. The summed E-state index contributed by atoms with van der Waals surface area (Å²) in [6.45, 7) is 1.51. The number of benzene rings is 1. The van der Waals surface area contributed by atoms with Crippen molar-refractivity contribution >= 4 is 29.7 Å². The first-order valence-corrected chi connectivity index (χ1v) is 17.3. The molecular weight excluding hydrogens is 574 g/mol. The topological polar surface area (TPSA) is 113 Å². The summed E-state index contributed by atoms with van der Waals surface area (Å²) in [5, 5.41) is 2.95. The number of carbonyl (C=O) groups excluding carboxylic acids is 2. The van der Waals surface area contributed by atoms with Gasteiger partial charge in [-0.25, -0.2) is 4.98 Å². The molecule has 3 N–H and O–H groups in total. The van der Waals surface area contributed by atoms with Gasteiger partial charge in [0, 0.05) is 30.8 Å². The number of piperidine rings is 1. The van der Waals surface area contributed by atoms with Gasteiger partial charge in [-0.1, -0.05) is 0 Å². The third-order valence-electron chi connectivity index (χ3n) is 11.9. The molecule has 8 aliphatic rings. The summed E-state index contributed by atoms with van der Waals surface area (Å²) in [4.78, 5) is 43.5. The smallest absolute Gasteiger partial charge is 0.264 e. The van der Waals surface area contributed by atoms with Crippen LogP contribution in [0.15, 0.2) is 76.4 Å². The van der Waals surface area contributed by atoms with Crippen LogP contribution in [0.2, 0.25) is 0 Å². The van der Waals surface area contributed by atoms with Gasteiger partial charge in [-0.15, -0.1) is 4.59 Å². The van der Waals surface area contributed by atoms with E-state index in [2.05, 4.69) is 20.2 Å². The van der Waals surface area contributed by atoms with E-state index in [1.165, 1.54) is 37.7 Å². The van der Waals surface area contributed by atoms with Crippen LogP contribution in [-0.2, 0) is 4.79 Å². The molecule has 4 bridgehead atoms. The fourth-order valence-electron chi connectivity index (χ4n) is 9.94. The molecule has 46 heavy (non-hydrogen) atoms. The lowest BCUT2D eigenvalue weighted by atomic mass is 9.49. The number of nitrogens with two attached hydrogens (primary N) is 1. The number of nitrogens with zero attached hydrogens (tertiary/aromatic N) is 5. The van der Waals surface area contributed by atoms with E-state index in [1.54, 1.807) is 12.4 Å². The highest BCUT2D eigenvalue weighted by Gasteiger charge is 2.56. The number of anilines is 1. The Morgan fingerprint density at radius 3 is 2.41 bits per heavy atom. The standard InChI is InChI=1S/C37H41N7O2/c38-44-13-11-39-21-31(44)33(30-2-1-12-43(22-30)36(46)37-18-23-14-24(19-37)16-25(15-23)20-37)42-34(44)27-5-7-28(8-6-27)35(45)41-32-17-29(9-10-40-32)26-3-4-26/h5-11,13,17,21,23-26,30H,1-4,12,14-16,18-20,22,38H2/p+1. The van der Waals surface area contributed by atoms with Gasteiger partial charge in [-0.05, 0) is 130 Å². The summed E-state index contributed by atoms with van der Waals surface area (Å²) in [5.41, 5.74) is 4.27. The lowest BCUT2D eigenvalue weighted by Gasteiger charge is -2.57. The van der Waals surface area contributed by atoms with Crippen molar-refractivity contribution < 1.29 is 14.2 Å². The highest BCUT2D eigenvalue weighted by atomic mass is 16.2. The third-order valence-corrected chi connectivity index (χ3v) is 11.9. The number of nitrogens with one attached hydrogen (secondary N) is 1. The average molecular weight is 617 g/mol. The molecule has 9 nitrogen and oxygen atoms in total. The molecule has 6 fully saturated rings. The number of hydrogen-bond donors (Lipinski definition) is 2. The van der Waals surface area contributed by atoms with E-state index >= 15 is 0 Å². The summed E-state index contributed by atoms with van der Waals surface area (Å²) < 4.78 is -0.0678. The molecule has 2 aromatic rings. The molecule has 236 valence electrons. The van der Waals surface area contributed by atoms with Gasteiger partial charge < -0.3 is 10.2 Å². The molecule has 5 aliphatic carbocycles. The van der Waals surface area contributed by atoms with Crippen LogP contribution in [0.3, 0.4) is 0 Å². The van der Waals surface area contributed by atoms with Gasteiger partial charge in [0.2, 0.25) is 11.6 Å². The largest absolute Gasteiger partial charge is 0.342 e. The predicted octanol–water partition coefficient (Wildman–Crippen LogP) is 5.88. The lowest BCUT2D eigenvalue weighted by molar-refractivity contribution is -0.750. The zero-order valence-corrected chi connectivity index (χ0v) is 26.3. The molecule has 0 radical (unpaired) electrons. The van der Waals surface area contributed by atoms with Crippen LogP contribution in [0.25, 0.3) is 0 Å². The second kappa shape index (κ2) is 10.5. The number of allylic oxidation sites excluding steroid dienone is 1. The highest BCUT2D eigenvalue weighted by molar-refractivity contribution is 6.05. The van der Waals surface area contributed by atoms with Crippen molar-refractivity contribution in [1.29, 1.82) is 0 Å². The van der Waals surface area contributed by atoms with Crippen molar-refractivity contribution in [2.45, 2.75) is 70.1 Å². The van der Waals surface area contributed by atoms with E-state index in [0.717, 1.165) is 73.4 Å². The van der Waals surface area contributed by atoms with E-state index < -0.39 is 0 Å². The van der Waals surface area contributed by atoms with Crippen LogP contribution in [0.5, 0.6) is 0 Å². The van der Waals surface area contributed by atoms with Crippen molar-refractivity contribution in [2.75, 3.05) is 18.4 Å². The molecule has 4 heterocycles. The molecule has 2 amide bonds. The molecule has 10 rings (SSSR count). The minimum atomic E-state index is -0.201. The molecule has 1 aromatic carbocycles. The zero-order chi connectivity index (χ0) is 31.0. The number of likely N-dealkylation sites (tertiary alicyclic amines) is 1. The van der Waals surface area contributed by atoms with Crippen LogP contribution >= 0.6 is 0 Å². The first-order chi connectivity index (χ1) is 22.4. The van der Waals surface area contributed by atoms with Crippen molar-refractivity contribution in [2.24, 2.45) is 44.9 Å². The Labute approximate surface area is 269 Å². The molecule has 1 saturated heterocycles. The number of aliphatic imine (C=N–C) groups is 2. The molecule has 1 aromatic heterocycles. The van der Waals surface area contributed by atoms with Crippen LogP contribution in [0.1, 0.15) is 91.6 Å². The first kappa shape index (κ1) is 28.3. The van der Waals surface area contributed by atoms with Gasteiger partial charge in [0.05, 0.1) is 23.4 Å². The van der Waals surface area contributed by atoms with E-state index in [9.17, 15) is 9.59 Å². The highest BCUT2D eigenvalue weighted by Crippen LogP contribution is 2.60. The maximum Gasteiger partial charge on any atom is 0.264 e. The molecule has 3 aliphatic heterocycles. The van der Waals surface area contributed by atoms with Gasteiger partial charge in [0.25, 0.3) is 11.7 Å². The van der Waals surface area contributed by atoms with Crippen molar-refractivity contribution in [3.63, 3.8) is 0 Å². The number of pyridine rings is 1. The van der Waals surface area contributed by atoms with Gasteiger partial charge >= 0.3 is 0 Å². The number of amidine groups is 1. The van der Waals surface area contributed by atoms with E-state index in [-0.39, 0.29) is 21.8 Å². The Morgan fingerprint density at radius 2 is 1.70 bits per heavy atom. The minimum absolute atomic E-state index is 0.0678. The van der Waals surface area contributed by atoms with Crippen molar-refractivity contribution in [3.05, 3.63) is 83.1 Å². The quantitative estimate of drug-likeness (QED) is 0.312. The van der Waals surface area contributed by atoms with Gasteiger partial charge in [0.1, 0.15) is 17.7 Å². The normalized spacial score (nSPS) is 34.1. The fourth-order valence-corrected chi connectivity index (χ4v) is 9.94. The Morgan fingerprint density at radius 1 is 0.957 bits per heavy atom. The number of quaternary nitrogens is 1. The molecular formula is C37H42N7O2+. The van der Waals surface area contributed by atoms with E-state index in [0.29, 0.717) is 35.6 Å². The van der Waals surface area contributed by atoms with Gasteiger partial charge in [0.15, 0.2) is 0 Å². The minimum Gasteiger partial charge on any atom is -0.342 e. The fraction of sp³-hybridized carbons (Fsp3) is 0.486. The molecule has 2 unspecified atom stereocenters. The predicted molar refractivity (Wildman–Crippen MR) is 176 cm³/mol. The average Bonchev–Trinajstić information content (AvgIpc) is 3.86. The van der Waals surface area contributed by atoms with Gasteiger partial charge in [-0.2, -0.15) is 10.8 Å². The second-order valence-electron chi connectivity index (χ2n) is 15.1. The number of fused-ring (bicyclic) bond motifs is 1. The number of amides is 2. The number of carbonyl (C=O) groups is 2. The van der Waals surface area contributed by atoms with Crippen LogP contribution in [-0.4, -0.2) is 51.4 Å². The van der Waals surface area contributed by atoms with Crippen LogP contribution in [0.4, 0.5) is 5.82 Å². The molecule has 2 atom stereocenters. The zero-order valence-electron chi connectivity index (χ0n) is 26.3. The number of rotatable bonds is 6. The monoisotopic (exact) mass is 616 g/mol. The summed E-state index contributed by atoms with van der Waals surface area (Å²) in [7, 11) is 0. The van der Waals surface area contributed by atoms with Crippen LogP contribution < -0.4 is 11.2 Å². The Hall–Kier alpha value is -3.95. The van der Waals surface area contributed by atoms with Gasteiger partial charge in [-0.3, -0.25) is 14.6 Å². The number of hydrogen-bond acceptors (Lipinski definition) is 6. The Kier molecular flexibility index (Phi) is 6.48. The molecule has 5 saturated carbocycles. The maximum absolute atomic E-state index is 14.3. The maximum atomic E-state index is 14.3. The summed E-state index contributed by atoms with van der Waals surface area (Å²) in [5.74, 6) is 11.5. The van der Waals surface area contributed by atoms with Crippen LogP contribution in [0, 0.1) is 29.1 Å². The van der Waals surface area contributed by atoms with Crippen molar-refractivity contribution in [1.82, 2.24) is 9.88 Å². The SMILES string of the molecule is N[N+]12C=CN=CC1=C(C1CCCN(C(=O)C34CC5CC(CC(C5)C3)C4)C1)N=C2c1ccc(C(=O)Nc2cc(C3CC3)ccn2)cc1. The Bertz CT molecular complexity index is 1700. The summed E-state index contributed by atoms with van der Waals surface area (Å²) >= 11 is 0. The van der Waals surface area contributed by atoms with Crippen molar-refractivity contribution in [3.8, 4) is 0 Å². The van der Waals surface area contributed by atoms with E-state index in [4.69, 9.17) is 10.8 Å². The molecule has 0 spiro atoms. The summed E-state index contributed by atoms with van der Waals surface area (Å²) in [6.07, 6.45) is 18.8.